The first kappa shape index (κ1) is 24.6. The average molecular weight is 508 g/mol. The van der Waals surface area contributed by atoms with Gasteiger partial charge in [-0.05, 0) is 68.4 Å². The molecule has 4 aromatic rings. The molecule has 0 radical (unpaired) electrons. The number of ether oxygens (including phenoxy) is 2. The molecule has 7 nitrogen and oxygen atoms in total. The number of rotatable bonds is 9. The van der Waals surface area contributed by atoms with Crippen LogP contribution in [0.1, 0.15) is 24.2 Å². The molecule has 0 saturated carbocycles. The zero-order valence-electron chi connectivity index (χ0n) is 19.5. The topological polar surface area (TPSA) is 89.5 Å². The minimum absolute atomic E-state index is 0.148. The summed E-state index contributed by atoms with van der Waals surface area (Å²) in [6, 6.07) is 20.0. The molecule has 1 atom stereocenters. The summed E-state index contributed by atoms with van der Waals surface area (Å²) in [4.78, 5) is 30.8. The van der Waals surface area contributed by atoms with Crippen LogP contribution in [0.5, 0.6) is 11.5 Å². The zero-order valence-corrected chi connectivity index (χ0v) is 21.2. The predicted molar refractivity (Wildman–Crippen MR) is 142 cm³/mol. The van der Waals surface area contributed by atoms with Crippen molar-refractivity contribution in [2.45, 2.75) is 24.0 Å². The molecule has 0 aliphatic carbocycles. The van der Waals surface area contributed by atoms with Gasteiger partial charge < -0.3 is 20.1 Å². The van der Waals surface area contributed by atoms with Gasteiger partial charge in [-0.1, -0.05) is 23.5 Å². The molecule has 0 bridgehead atoms. The lowest BCUT2D eigenvalue weighted by molar-refractivity contribution is -0.115. The monoisotopic (exact) mass is 507 g/mol. The quantitative estimate of drug-likeness (QED) is 0.267. The molecule has 180 valence electrons. The van der Waals surface area contributed by atoms with Gasteiger partial charge in [0.25, 0.3) is 5.91 Å². The number of fused-ring (bicyclic) bond motifs is 1. The minimum atomic E-state index is -0.370. The van der Waals surface area contributed by atoms with Crippen molar-refractivity contribution >= 4 is 55.9 Å². The Balaban J connectivity index is 1.38. The molecule has 1 unspecified atom stereocenters. The van der Waals surface area contributed by atoms with Gasteiger partial charge in [0.15, 0.2) is 5.13 Å². The van der Waals surface area contributed by atoms with Crippen molar-refractivity contribution in [1.82, 2.24) is 4.98 Å². The smallest absolute Gasteiger partial charge is 0.255 e. The Hall–Kier alpha value is -3.56. The molecule has 0 aliphatic heterocycles. The molecular weight excluding hydrogens is 482 g/mol. The first-order chi connectivity index (χ1) is 16.9. The normalized spacial score (nSPS) is 11.6. The van der Waals surface area contributed by atoms with Crippen molar-refractivity contribution in [3.8, 4) is 11.5 Å². The van der Waals surface area contributed by atoms with Crippen LogP contribution in [-0.2, 0) is 4.79 Å². The van der Waals surface area contributed by atoms with Crippen LogP contribution in [-0.4, -0.2) is 35.8 Å². The van der Waals surface area contributed by atoms with E-state index in [1.165, 1.54) is 23.1 Å². The van der Waals surface area contributed by atoms with E-state index >= 15 is 0 Å². The van der Waals surface area contributed by atoms with Gasteiger partial charge in [0, 0.05) is 16.1 Å². The first-order valence-corrected chi connectivity index (χ1v) is 12.7. The number of aromatic nitrogens is 1. The summed E-state index contributed by atoms with van der Waals surface area (Å²) in [6.45, 7) is 4.36. The molecule has 9 heteroatoms. The maximum atomic E-state index is 12.8. The highest BCUT2D eigenvalue weighted by atomic mass is 32.2. The van der Waals surface area contributed by atoms with Crippen molar-refractivity contribution < 1.29 is 19.1 Å². The number of amides is 2. The maximum absolute atomic E-state index is 12.8. The highest BCUT2D eigenvalue weighted by molar-refractivity contribution is 8.00. The van der Waals surface area contributed by atoms with Crippen LogP contribution in [0.15, 0.2) is 71.6 Å². The number of thiazole rings is 1. The lowest BCUT2D eigenvalue weighted by atomic mass is 10.2. The number of carbonyl (C=O) groups is 2. The fraction of sp³-hybridized carbons (Fsp3) is 0.192. The Labute approximate surface area is 211 Å². The van der Waals surface area contributed by atoms with Gasteiger partial charge in [-0.15, -0.1) is 11.8 Å². The molecule has 1 heterocycles. The SMILES string of the molecule is CCOc1ccc2nc(NC(=O)C(C)Sc3cccc(NC(=O)c4cccc(OC)c4)c3)sc2c1. The molecule has 0 saturated heterocycles. The summed E-state index contributed by atoms with van der Waals surface area (Å²) in [5.41, 5.74) is 1.96. The maximum Gasteiger partial charge on any atom is 0.255 e. The lowest BCUT2D eigenvalue weighted by Gasteiger charge is -2.12. The van der Waals surface area contributed by atoms with Crippen molar-refractivity contribution in [2.24, 2.45) is 0 Å². The van der Waals surface area contributed by atoms with E-state index in [1.54, 1.807) is 31.4 Å². The fourth-order valence-corrected chi connectivity index (χ4v) is 5.12. The molecule has 2 N–H and O–H groups in total. The third kappa shape index (κ3) is 6.32. The van der Waals surface area contributed by atoms with E-state index in [1.807, 2.05) is 56.3 Å². The van der Waals surface area contributed by atoms with Crippen LogP contribution in [0.4, 0.5) is 10.8 Å². The summed E-state index contributed by atoms with van der Waals surface area (Å²) < 4.78 is 11.7. The van der Waals surface area contributed by atoms with Gasteiger partial charge in [0.2, 0.25) is 5.91 Å². The van der Waals surface area contributed by atoms with E-state index in [9.17, 15) is 9.59 Å². The molecule has 0 fully saturated rings. The van der Waals surface area contributed by atoms with E-state index in [-0.39, 0.29) is 17.1 Å². The van der Waals surface area contributed by atoms with Gasteiger partial charge in [-0.2, -0.15) is 0 Å². The number of nitrogens with one attached hydrogen (secondary N) is 2. The lowest BCUT2D eigenvalue weighted by Crippen LogP contribution is -2.22. The van der Waals surface area contributed by atoms with Crippen LogP contribution in [0.2, 0.25) is 0 Å². The number of hydrogen-bond acceptors (Lipinski definition) is 7. The molecule has 3 aromatic carbocycles. The van der Waals surface area contributed by atoms with E-state index in [0.717, 1.165) is 20.9 Å². The van der Waals surface area contributed by atoms with Crippen LogP contribution in [0.25, 0.3) is 10.2 Å². The number of anilines is 2. The minimum Gasteiger partial charge on any atom is -0.497 e. The van der Waals surface area contributed by atoms with E-state index in [2.05, 4.69) is 15.6 Å². The average Bonchev–Trinajstić information content (AvgIpc) is 3.26. The number of hydrogen-bond donors (Lipinski definition) is 2. The van der Waals surface area contributed by atoms with Crippen molar-refractivity contribution in [1.29, 1.82) is 0 Å². The highest BCUT2D eigenvalue weighted by Crippen LogP contribution is 2.31. The largest absolute Gasteiger partial charge is 0.497 e. The Morgan fingerprint density at radius 1 is 1.03 bits per heavy atom. The van der Waals surface area contributed by atoms with Crippen LogP contribution in [0.3, 0.4) is 0 Å². The molecule has 0 aliphatic rings. The third-order valence-electron chi connectivity index (χ3n) is 5.01. The van der Waals surface area contributed by atoms with Crippen LogP contribution in [0, 0.1) is 0 Å². The Bertz CT molecular complexity index is 1360. The third-order valence-corrected chi connectivity index (χ3v) is 7.03. The Morgan fingerprint density at radius 3 is 2.66 bits per heavy atom. The Morgan fingerprint density at radius 2 is 1.86 bits per heavy atom. The van der Waals surface area contributed by atoms with Crippen molar-refractivity contribution in [3.05, 3.63) is 72.3 Å². The molecule has 1 aromatic heterocycles. The molecular formula is C26H25N3O4S2. The predicted octanol–water partition coefficient (Wildman–Crippen LogP) is 6.08. The summed E-state index contributed by atoms with van der Waals surface area (Å²) in [5.74, 6) is 1.01. The van der Waals surface area contributed by atoms with Gasteiger partial charge >= 0.3 is 0 Å². The summed E-state index contributed by atoms with van der Waals surface area (Å²) >= 11 is 2.81. The van der Waals surface area contributed by atoms with Gasteiger partial charge in [-0.25, -0.2) is 4.98 Å². The number of nitrogens with zero attached hydrogens (tertiary/aromatic N) is 1. The second-order valence-electron chi connectivity index (χ2n) is 7.54. The Kier molecular flexibility index (Phi) is 7.89. The van der Waals surface area contributed by atoms with E-state index in [0.29, 0.717) is 28.7 Å². The molecule has 0 spiro atoms. The standard InChI is InChI=1S/C26H25N3O4S2/c1-4-33-20-11-12-22-23(15-20)35-26(28-22)29-24(30)16(2)34-21-10-6-8-18(14-21)27-25(31)17-7-5-9-19(13-17)32-3/h5-16H,4H2,1-3H3,(H,27,31)(H,28,29,30). The fourth-order valence-electron chi connectivity index (χ4n) is 3.29. The van der Waals surface area contributed by atoms with Crippen LogP contribution >= 0.6 is 23.1 Å². The number of carbonyl (C=O) groups excluding carboxylic acids is 2. The number of thioether (sulfide) groups is 1. The number of methoxy groups -OCH3 is 1. The van der Waals surface area contributed by atoms with Crippen molar-refractivity contribution in [2.75, 3.05) is 24.4 Å². The van der Waals surface area contributed by atoms with Crippen molar-refractivity contribution in [3.63, 3.8) is 0 Å². The second kappa shape index (κ2) is 11.2. The van der Waals surface area contributed by atoms with Crippen LogP contribution < -0.4 is 20.1 Å². The van der Waals surface area contributed by atoms with Gasteiger partial charge in [-0.3, -0.25) is 9.59 Å². The van der Waals surface area contributed by atoms with Gasteiger partial charge in [0.05, 0.1) is 29.2 Å². The number of benzene rings is 3. The van der Waals surface area contributed by atoms with E-state index in [4.69, 9.17) is 9.47 Å². The summed E-state index contributed by atoms with van der Waals surface area (Å²) in [5, 5.41) is 5.98. The second-order valence-corrected chi connectivity index (χ2v) is 9.99. The molecule has 4 rings (SSSR count). The molecule has 2 amide bonds. The van der Waals surface area contributed by atoms with Gasteiger partial charge in [0.1, 0.15) is 11.5 Å². The summed E-state index contributed by atoms with van der Waals surface area (Å²) in [6.07, 6.45) is 0. The zero-order chi connectivity index (χ0) is 24.8. The highest BCUT2D eigenvalue weighted by Gasteiger charge is 2.17. The van der Waals surface area contributed by atoms with E-state index < -0.39 is 0 Å². The first-order valence-electron chi connectivity index (χ1n) is 11.0. The molecule has 35 heavy (non-hydrogen) atoms. The summed E-state index contributed by atoms with van der Waals surface area (Å²) in [7, 11) is 1.56.